The number of alkyl carbamates (subject to hydrolysis) is 1. The fraction of sp³-hybridized carbons (Fsp3) is 0.400. The highest BCUT2D eigenvalue weighted by atomic mass is 16.7. The van der Waals surface area contributed by atoms with E-state index >= 15 is 0 Å². The lowest BCUT2D eigenvalue weighted by Crippen LogP contribution is -2.31. The maximum absolute atomic E-state index is 11.4. The van der Waals surface area contributed by atoms with Gasteiger partial charge in [0.25, 0.3) is 0 Å². The van der Waals surface area contributed by atoms with Crippen LogP contribution in [0.15, 0.2) is 24.3 Å². The van der Waals surface area contributed by atoms with Gasteiger partial charge < -0.3 is 9.47 Å². The van der Waals surface area contributed by atoms with Crippen molar-refractivity contribution in [2.75, 3.05) is 6.79 Å². The topological polar surface area (TPSA) is 88.5 Å². The summed E-state index contributed by atoms with van der Waals surface area (Å²) < 4.78 is 9.42. The fourth-order valence-corrected chi connectivity index (χ4v) is 1.50. The van der Waals surface area contributed by atoms with Crippen molar-refractivity contribution in [2.24, 2.45) is 0 Å². The number of hydrogen-bond donors (Lipinski definition) is 2. The summed E-state index contributed by atoms with van der Waals surface area (Å²) >= 11 is 0. The van der Waals surface area contributed by atoms with Crippen LogP contribution in [0.1, 0.15) is 38.2 Å². The standard InChI is InChI=1S/C15H19N2O4/c1-2-3-5-10-13(18)20-11-21-15(19)17-14(16)12-8-6-4-7-9-12/h6-9H,2-3,5,10-11H2,1H3,(H2,16,17,19). The first-order valence-electron chi connectivity index (χ1n) is 6.78. The predicted molar refractivity (Wildman–Crippen MR) is 76.8 cm³/mol. The van der Waals surface area contributed by atoms with Gasteiger partial charge in [-0.3, -0.25) is 15.5 Å². The molecule has 1 rings (SSSR count). The van der Waals surface area contributed by atoms with Crippen molar-refractivity contribution in [1.29, 1.82) is 5.41 Å². The Morgan fingerprint density at radius 3 is 2.62 bits per heavy atom. The normalized spacial score (nSPS) is 9.76. The lowest BCUT2D eigenvalue weighted by atomic mass is 10.2. The SMILES string of the molecule is CCCCCC(=O)OCOC(=O)NC(=N)c1cc[c]cc1. The van der Waals surface area contributed by atoms with Crippen molar-refractivity contribution >= 4 is 17.9 Å². The van der Waals surface area contributed by atoms with Crippen LogP contribution in [0.5, 0.6) is 0 Å². The zero-order chi connectivity index (χ0) is 15.5. The van der Waals surface area contributed by atoms with Crippen LogP contribution < -0.4 is 5.32 Å². The Hall–Kier alpha value is -2.37. The summed E-state index contributed by atoms with van der Waals surface area (Å²) in [5.41, 5.74) is 0.530. The van der Waals surface area contributed by atoms with Gasteiger partial charge in [0.1, 0.15) is 5.84 Å². The molecule has 1 aromatic rings. The average Bonchev–Trinajstić information content (AvgIpc) is 2.48. The third-order valence-corrected chi connectivity index (χ3v) is 2.63. The largest absolute Gasteiger partial charge is 0.428 e. The van der Waals surface area contributed by atoms with Gasteiger partial charge in [0.15, 0.2) is 0 Å². The van der Waals surface area contributed by atoms with Crippen molar-refractivity contribution in [3.63, 3.8) is 0 Å². The summed E-state index contributed by atoms with van der Waals surface area (Å²) in [5.74, 6) is -0.492. The van der Waals surface area contributed by atoms with Gasteiger partial charge in [-0.2, -0.15) is 0 Å². The minimum atomic E-state index is -0.839. The second kappa shape index (κ2) is 9.52. The molecular weight excluding hydrogens is 272 g/mol. The predicted octanol–water partition coefficient (Wildman–Crippen LogP) is 2.62. The van der Waals surface area contributed by atoms with Crippen molar-refractivity contribution in [1.82, 2.24) is 5.32 Å². The van der Waals surface area contributed by atoms with E-state index in [1.54, 1.807) is 24.3 Å². The molecular formula is C15H19N2O4. The highest BCUT2D eigenvalue weighted by Gasteiger charge is 2.09. The Balaban J connectivity index is 2.19. The number of nitrogens with one attached hydrogen (secondary N) is 2. The van der Waals surface area contributed by atoms with Crippen molar-refractivity contribution < 1.29 is 19.1 Å². The molecule has 6 nitrogen and oxygen atoms in total. The molecule has 6 heteroatoms. The molecule has 0 atom stereocenters. The van der Waals surface area contributed by atoms with E-state index in [1.807, 2.05) is 6.92 Å². The lowest BCUT2D eigenvalue weighted by Gasteiger charge is -2.08. The lowest BCUT2D eigenvalue weighted by molar-refractivity contribution is -0.151. The third kappa shape index (κ3) is 7.10. The van der Waals surface area contributed by atoms with E-state index in [-0.39, 0.29) is 5.84 Å². The molecule has 0 heterocycles. The number of amidine groups is 1. The molecule has 1 radical (unpaired) electrons. The number of carbonyl (C=O) groups excluding carboxylic acids is 2. The van der Waals surface area contributed by atoms with Crippen molar-refractivity contribution in [2.45, 2.75) is 32.6 Å². The molecule has 113 valence electrons. The molecule has 0 saturated carbocycles. The van der Waals surface area contributed by atoms with Crippen LogP contribution in [-0.2, 0) is 14.3 Å². The van der Waals surface area contributed by atoms with Crippen molar-refractivity contribution in [3.8, 4) is 0 Å². The molecule has 0 aliphatic rings. The molecule has 0 saturated heterocycles. The van der Waals surface area contributed by atoms with Crippen LogP contribution in [0.2, 0.25) is 0 Å². The average molecular weight is 291 g/mol. The summed E-state index contributed by atoms with van der Waals surface area (Å²) in [7, 11) is 0. The van der Waals surface area contributed by atoms with E-state index in [0.717, 1.165) is 19.3 Å². The Morgan fingerprint density at radius 2 is 1.95 bits per heavy atom. The first-order valence-corrected chi connectivity index (χ1v) is 6.78. The van der Waals surface area contributed by atoms with Crippen LogP contribution in [0, 0.1) is 11.5 Å². The Labute approximate surface area is 124 Å². The monoisotopic (exact) mass is 291 g/mol. The van der Waals surface area contributed by atoms with Crippen LogP contribution >= 0.6 is 0 Å². The summed E-state index contributed by atoms with van der Waals surface area (Å²) in [6.07, 6.45) is 2.22. The minimum Gasteiger partial charge on any atom is -0.428 e. The van der Waals surface area contributed by atoms with E-state index in [1.165, 1.54) is 0 Å². The van der Waals surface area contributed by atoms with Crippen LogP contribution in [-0.4, -0.2) is 24.7 Å². The summed E-state index contributed by atoms with van der Waals surface area (Å²) in [6.45, 7) is 1.59. The van der Waals surface area contributed by atoms with Gasteiger partial charge in [-0.25, -0.2) is 4.79 Å². The number of rotatable bonds is 7. The summed E-state index contributed by atoms with van der Waals surface area (Å²) in [5, 5.41) is 9.90. The Bertz CT molecular complexity index is 474. The van der Waals surface area contributed by atoms with Gasteiger partial charge in [0, 0.05) is 12.0 Å². The first kappa shape index (κ1) is 16.7. The number of ether oxygens (including phenoxy) is 2. The van der Waals surface area contributed by atoms with Gasteiger partial charge >= 0.3 is 12.1 Å². The number of esters is 1. The molecule has 0 spiro atoms. The van der Waals surface area contributed by atoms with Crippen molar-refractivity contribution in [3.05, 3.63) is 35.9 Å². The highest BCUT2D eigenvalue weighted by molar-refractivity contribution is 6.04. The molecule has 1 aromatic carbocycles. The van der Waals surface area contributed by atoms with Gasteiger partial charge in [-0.15, -0.1) is 0 Å². The Morgan fingerprint density at radius 1 is 1.24 bits per heavy atom. The zero-order valence-corrected chi connectivity index (χ0v) is 12.0. The minimum absolute atomic E-state index is 0.0942. The summed E-state index contributed by atoms with van der Waals surface area (Å²) in [4.78, 5) is 22.7. The van der Waals surface area contributed by atoms with Gasteiger partial charge in [0.05, 0.1) is 0 Å². The zero-order valence-electron chi connectivity index (χ0n) is 12.0. The van der Waals surface area contributed by atoms with Crippen LogP contribution in [0.4, 0.5) is 4.79 Å². The smallest absolute Gasteiger partial charge is 0.415 e. The quantitative estimate of drug-likeness (QED) is 0.266. The van der Waals surface area contributed by atoms with Crippen LogP contribution in [0.3, 0.4) is 0 Å². The summed E-state index contributed by atoms with van der Waals surface area (Å²) in [6, 6.07) is 9.35. The third-order valence-electron chi connectivity index (χ3n) is 2.63. The van der Waals surface area contributed by atoms with Crippen LogP contribution in [0.25, 0.3) is 0 Å². The molecule has 0 aliphatic heterocycles. The maximum Gasteiger partial charge on any atom is 0.415 e. The van der Waals surface area contributed by atoms with E-state index in [2.05, 4.69) is 16.1 Å². The Kier molecular flexibility index (Phi) is 7.56. The fourth-order valence-electron chi connectivity index (χ4n) is 1.50. The second-order valence-electron chi connectivity index (χ2n) is 4.31. The van der Waals surface area contributed by atoms with Gasteiger partial charge in [-0.1, -0.05) is 44.0 Å². The van der Waals surface area contributed by atoms with Gasteiger partial charge in [0.2, 0.25) is 6.79 Å². The molecule has 0 fully saturated rings. The van der Waals surface area contributed by atoms with Gasteiger partial charge in [-0.05, 0) is 12.5 Å². The first-order chi connectivity index (χ1) is 10.1. The number of hydrogen-bond acceptors (Lipinski definition) is 5. The molecule has 0 aliphatic carbocycles. The maximum atomic E-state index is 11.4. The molecule has 21 heavy (non-hydrogen) atoms. The number of carbonyl (C=O) groups is 2. The van der Waals surface area contributed by atoms with E-state index in [9.17, 15) is 9.59 Å². The van der Waals surface area contributed by atoms with E-state index in [0.29, 0.717) is 12.0 Å². The van der Waals surface area contributed by atoms with E-state index in [4.69, 9.17) is 10.1 Å². The molecule has 0 unspecified atom stereocenters. The number of amides is 1. The highest BCUT2D eigenvalue weighted by Crippen LogP contribution is 2.01. The molecule has 1 amide bonds. The van der Waals surface area contributed by atoms with E-state index < -0.39 is 18.9 Å². The number of unbranched alkanes of at least 4 members (excludes halogenated alkanes) is 2. The molecule has 0 bridgehead atoms. The second-order valence-corrected chi connectivity index (χ2v) is 4.31. The molecule has 2 N–H and O–H groups in total. The molecule has 0 aromatic heterocycles. The number of benzene rings is 1.